The van der Waals surface area contributed by atoms with Gasteiger partial charge in [0.2, 0.25) is 5.91 Å². The van der Waals surface area contributed by atoms with E-state index in [0.717, 1.165) is 19.6 Å². The molecule has 0 radical (unpaired) electrons. The third kappa shape index (κ3) is 4.04. The third-order valence-corrected chi connectivity index (χ3v) is 5.03. The van der Waals surface area contributed by atoms with Gasteiger partial charge in [-0.15, -0.1) is 0 Å². The summed E-state index contributed by atoms with van der Waals surface area (Å²) in [5.41, 5.74) is 0.185. The molecule has 1 N–H and O–H groups in total. The number of amides is 1. The Kier molecular flexibility index (Phi) is 5.88. The molecule has 1 aromatic carbocycles. The minimum atomic E-state index is -0.590. The molecule has 1 aromatic heterocycles. The number of aromatic nitrogens is 2. The lowest BCUT2D eigenvalue weighted by molar-refractivity contribution is -0.121. The highest BCUT2D eigenvalue weighted by Gasteiger charge is 2.13. The summed E-state index contributed by atoms with van der Waals surface area (Å²) < 4.78 is 2.76. The van der Waals surface area contributed by atoms with Gasteiger partial charge in [0.15, 0.2) is 0 Å². The Morgan fingerprint density at radius 2 is 1.69 bits per heavy atom. The molecule has 1 saturated heterocycles. The van der Waals surface area contributed by atoms with Crippen molar-refractivity contribution in [2.75, 3.05) is 26.2 Å². The number of para-hydroxylation sites is 2. The van der Waals surface area contributed by atoms with Gasteiger partial charge in [-0.1, -0.05) is 18.6 Å². The summed E-state index contributed by atoms with van der Waals surface area (Å²) >= 11 is 0. The fourth-order valence-corrected chi connectivity index (χ4v) is 3.51. The van der Waals surface area contributed by atoms with Crippen LogP contribution in [0.3, 0.4) is 0 Å². The first kappa shape index (κ1) is 18.4. The first-order chi connectivity index (χ1) is 12.6. The van der Waals surface area contributed by atoms with Gasteiger partial charge in [-0.3, -0.25) is 14.4 Å². The number of fused-ring (bicyclic) bond motifs is 1. The van der Waals surface area contributed by atoms with Crippen LogP contribution in [0.4, 0.5) is 0 Å². The quantitative estimate of drug-likeness (QED) is 0.771. The molecule has 0 aliphatic carbocycles. The fraction of sp³-hybridized carbons (Fsp3) is 0.526. The number of likely N-dealkylation sites (tertiary alicyclic amines) is 1. The molecule has 0 saturated carbocycles. The number of carbonyl (C=O) groups excluding carboxylic acids is 1. The summed E-state index contributed by atoms with van der Waals surface area (Å²) in [4.78, 5) is 38.9. The van der Waals surface area contributed by atoms with Gasteiger partial charge in [0, 0.05) is 33.1 Å². The molecule has 7 nitrogen and oxygen atoms in total. The van der Waals surface area contributed by atoms with Gasteiger partial charge in [0.05, 0.1) is 11.0 Å². The van der Waals surface area contributed by atoms with E-state index >= 15 is 0 Å². The molecule has 0 bridgehead atoms. The Bertz CT molecular complexity index is 894. The molecular weight excluding hydrogens is 332 g/mol. The van der Waals surface area contributed by atoms with Crippen molar-refractivity contribution >= 4 is 16.9 Å². The number of rotatable bonds is 6. The maximum atomic E-state index is 12.3. The molecule has 3 rings (SSSR count). The molecule has 1 aliphatic heterocycles. The SMILES string of the molecule is Cn1c(=O)c(=O)n(CCC(=O)NCCN2CCCCC2)c2ccccc21. The maximum absolute atomic E-state index is 12.3. The second kappa shape index (κ2) is 8.31. The van der Waals surface area contributed by atoms with Crippen LogP contribution in [0.15, 0.2) is 33.9 Å². The Hall–Kier alpha value is -2.41. The van der Waals surface area contributed by atoms with Crippen LogP contribution in [0.25, 0.3) is 11.0 Å². The van der Waals surface area contributed by atoms with Crippen molar-refractivity contribution in [1.29, 1.82) is 0 Å². The lowest BCUT2D eigenvalue weighted by Crippen LogP contribution is -2.41. The zero-order valence-electron chi connectivity index (χ0n) is 15.2. The summed E-state index contributed by atoms with van der Waals surface area (Å²) in [6.45, 7) is 3.88. The average Bonchev–Trinajstić information content (AvgIpc) is 2.67. The molecule has 1 fully saturated rings. The van der Waals surface area contributed by atoms with Crippen LogP contribution in [0.2, 0.25) is 0 Å². The molecule has 1 amide bonds. The van der Waals surface area contributed by atoms with E-state index in [2.05, 4.69) is 10.2 Å². The van der Waals surface area contributed by atoms with Crippen molar-refractivity contribution < 1.29 is 4.79 Å². The molecule has 2 aromatic rings. The van der Waals surface area contributed by atoms with E-state index in [1.807, 2.05) is 12.1 Å². The second-order valence-electron chi connectivity index (χ2n) is 6.81. The van der Waals surface area contributed by atoms with E-state index in [0.29, 0.717) is 17.6 Å². The molecular formula is C19H26N4O3. The third-order valence-electron chi connectivity index (χ3n) is 5.03. The minimum Gasteiger partial charge on any atom is -0.355 e. The molecule has 0 spiro atoms. The number of nitrogens with one attached hydrogen (secondary N) is 1. The van der Waals surface area contributed by atoms with Crippen LogP contribution in [0.5, 0.6) is 0 Å². The van der Waals surface area contributed by atoms with Crippen LogP contribution in [-0.2, 0) is 18.4 Å². The van der Waals surface area contributed by atoms with E-state index in [4.69, 9.17) is 0 Å². The summed E-state index contributed by atoms with van der Waals surface area (Å²) in [7, 11) is 1.59. The molecule has 1 aliphatic rings. The Labute approximate surface area is 152 Å². The highest BCUT2D eigenvalue weighted by atomic mass is 16.2. The van der Waals surface area contributed by atoms with Crippen molar-refractivity contribution in [3.05, 3.63) is 45.0 Å². The number of benzene rings is 1. The van der Waals surface area contributed by atoms with Gasteiger partial charge < -0.3 is 19.4 Å². The van der Waals surface area contributed by atoms with Crippen molar-refractivity contribution in [2.45, 2.75) is 32.2 Å². The zero-order chi connectivity index (χ0) is 18.5. The van der Waals surface area contributed by atoms with Crippen molar-refractivity contribution in [3.63, 3.8) is 0 Å². The summed E-state index contributed by atoms with van der Waals surface area (Å²) in [6, 6.07) is 7.24. The van der Waals surface area contributed by atoms with Gasteiger partial charge in [-0.05, 0) is 38.1 Å². The molecule has 26 heavy (non-hydrogen) atoms. The lowest BCUT2D eigenvalue weighted by Gasteiger charge is -2.26. The minimum absolute atomic E-state index is 0.0985. The van der Waals surface area contributed by atoms with Crippen molar-refractivity contribution in [2.24, 2.45) is 7.05 Å². The van der Waals surface area contributed by atoms with Gasteiger partial charge in [-0.2, -0.15) is 0 Å². The average molecular weight is 358 g/mol. The van der Waals surface area contributed by atoms with Crippen molar-refractivity contribution in [1.82, 2.24) is 19.4 Å². The molecule has 0 atom stereocenters. The van der Waals surface area contributed by atoms with Crippen LogP contribution < -0.4 is 16.4 Å². The second-order valence-corrected chi connectivity index (χ2v) is 6.81. The number of hydrogen-bond donors (Lipinski definition) is 1. The highest BCUT2D eigenvalue weighted by Crippen LogP contribution is 2.10. The van der Waals surface area contributed by atoms with Crippen LogP contribution in [-0.4, -0.2) is 46.1 Å². The zero-order valence-corrected chi connectivity index (χ0v) is 15.2. The summed E-state index contributed by atoms with van der Waals surface area (Å²) in [6.07, 6.45) is 3.93. The topological polar surface area (TPSA) is 76.3 Å². The fourth-order valence-electron chi connectivity index (χ4n) is 3.51. The van der Waals surface area contributed by atoms with Crippen LogP contribution >= 0.6 is 0 Å². The molecule has 140 valence electrons. The van der Waals surface area contributed by atoms with E-state index < -0.39 is 11.1 Å². The number of aryl methyl sites for hydroxylation is 2. The first-order valence-electron chi connectivity index (χ1n) is 9.25. The smallest absolute Gasteiger partial charge is 0.316 e. The molecule has 0 unspecified atom stereocenters. The van der Waals surface area contributed by atoms with Gasteiger partial charge in [0.1, 0.15) is 0 Å². The number of hydrogen-bond acceptors (Lipinski definition) is 4. The van der Waals surface area contributed by atoms with E-state index in [9.17, 15) is 14.4 Å². The Balaban J connectivity index is 1.61. The largest absolute Gasteiger partial charge is 0.355 e. The molecule has 7 heteroatoms. The standard InChI is InChI=1S/C19H26N4O3/c1-21-15-7-3-4-8-16(15)23(19(26)18(21)25)13-9-17(24)20-10-14-22-11-5-2-6-12-22/h3-4,7-8H,2,5-6,9-14H2,1H3,(H,20,24). The van der Waals surface area contributed by atoms with Gasteiger partial charge >= 0.3 is 11.1 Å². The van der Waals surface area contributed by atoms with E-state index in [-0.39, 0.29) is 18.9 Å². The predicted octanol–water partition coefficient (Wildman–Crippen LogP) is 0.692. The maximum Gasteiger partial charge on any atom is 0.316 e. The summed E-state index contributed by atoms with van der Waals surface area (Å²) in [5, 5.41) is 2.91. The number of piperidine rings is 1. The van der Waals surface area contributed by atoms with Gasteiger partial charge in [0.25, 0.3) is 0 Å². The first-order valence-corrected chi connectivity index (χ1v) is 9.25. The Morgan fingerprint density at radius 1 is 1.00 bits per heavy atom. The number of nitrogens with zero attached hydrogens (tertiary/aromatic N) is 3. The highest BCUT2D eigenvalue weighted by molar-refractivity contribution is 5.77. The van der Waals surface area contributed by atoms with E-state index in [1.54, 1.807) is 19.2 Å². The van der Waals surface area contributed by atoms with Crippen molar-refractivity contribution in [3.8, 4) is 0 Å². The van der Waals surface area contributed by atoms with Crippen LogP contribution in [0.1, 0.15) is 25.7 Å². The summed E-state index contributed by atoms with van der Waals surface area (Å²) in [5.74, 6) is -0.0985. The van der Waals surface area contributed by atoms with Gasteiger partial charge in [-0.25, -0.2) is 0 Å². The predicted molar refractivity (Wildman–Crippen MR) is 101 cm³/mol. The normalized spacial score (nSPS) is 15.3. The lowest BCUT2D eigenvalue weighted by atomic mass is 10.1. The van der Waals surface area contributed by atoms with Crippen LogP contribution in [0, 0.1) is 0 Å². The monoisotopic (exact) mass is 358 g/mol. The number of carbonyl (C=O) groups is 1. The Morgan fingerprint density at radius 3 is 2.42 bits per heavy atom. The molecule has 2 heterocycles. The van der Waals surface area contributed by atoms with E-state index in [1.165, 1.54) is 28.4 Å².